The van der Waals surface area contributed by atoms with Gasteiger partial charge in [-0.25, -0.2) is 0 Å². The number of nitrogens with zero attached hydrogens (tertiary/aromatic N) is 2. The van der Waals surface area contributed by atoms with E-state index < -0.39 is 0 Å². The van der Waals surface area contributed by atoms with Gasteiger partial charge in [0.25, 0.3) is 0 Å². The molecule has 0 radical (unpaired) electrons. The Morgan fingerprint density at radius 2 is 2.06 bits per heavy atom. The number of hydrogen-bond acceptors (Lipinski definition) is 3. The van der Waals surface area contributed by atoms with Crippen LogP contribution in [-0.2, 0) is 6.42 Å². The van der Waals surface area contributed by atoms with Crippen molar-refractivity contribution in [2.75, 3.05) is 45.1 Å². The van der Waals surface area contributed by atoms with E-state index in [1.807, 2.05) is 0 Å². The van der Waals surface area contributed by atoms with E-state index in [2.05, 4.69) is 46.4 Å². The van der Waals surface area contributed by atoms with Crippen molar-refractivity contribution in [2.24, 2.45) is 0 Å². The van der Waals surface area contributed by atoms with Crippen molar-refractivity contribution in [1.29, 1.82) is 0 Å². The summed E-state index contributed by atoms with van der Waals surface area (Å²) in [5.41, 5.74) is 2.82. The molecule has 0 bridgehead atoms. The molecule has 0 aliphatic carbocycles. The van der Waals surface area contributed by atoms with E-state index >= 15 is 0 Å². The Morgan fingerprint density at radius 3 is 2.94 bits per heavy atom. The predicted molar refractivity (Wildman–Crippen MR) is 76.1 cm³/mol. The number of anilines is 1. The summed E-state index contributed by atoms with van der Waals surface area (Å²) in [4.78, 5) is 5.06. The molecule has 1 unspecified atom stereocenters. The fourth-order valence-corrected chi connectivity index (χ4v) is 3.08. The van der Waals surface area contributed by atoms with Crippen LogP contribution in [0.4, 0.5) is 5.69 Å². The molecular weight excluding hydrogens is 222 g/mol. The van der Waals surface area contributed by atoms with Crippen LogP contribution in [0.5, 0.6) is 0 Å². The van der Waals surface area contributed by atoms with Gasteiger partial charge in [-0.1, -0.05) is 18.2 Å². The fraction of sp³-hybridized carbons (Fsp3) is 0.600. The second-order valence-electron chi connectivity index (χ2n) is 5.66. The summed E-state index contributed by atoms with van der Waals surface area (Å²) in [6, 6.07) is 9.31. The quantitative estimate of drug-likeness (QED) is 0.855. The fourth-order valence-electron chi connectivity index (χ4n) is 3.08. The summed E-state index contributed by atoms with van der Waals surface area (Å²) in [6.45, 7) is 6.10. The van der Waals surface area contributed by atoms with Gasteiger partial charge < -0.3 is 10.2 Å². The average Bonchev–Trinajstić information content (AvgIpc) is 2.66. The van der Waals surface area contributed by atoms with Gasteiger partial charge in [0.1, 0.15) is 0 Å². The molecule has 2 heterocycles. The van der Waals surface area contributed by atoms with E-state index in [1.54, 1.807) is 0 Å². The van der Waals surface area contributed by atoms with E-state index in [-0.39, 0.29) is 0 Å². The molecule has 3 heteroatoms. The lowest BCUT2D eigenvalue weighted by Crippen LogP contribution is -2.37. The SMILES string of the molecule is CN1CCCN(CC2Cc3ccccc3N2)CC1. The lowest BCUT2D eigenvalue weighted by atomic mass is 10.1. The molecule has 18 heavy (non-hydrogen) atoms. The normalized spacial score (nSPS) is 25.5. The minimum atomic E-state index is 0.603. The lowest BCUT2D eigenvalue weighted by Gasteiger charge is -2.24. The van der Waals surface area contributed by atoms with Crippen LogP contribution >= 0.6 is 0 Å². The third-order valence-corrected chi connectivity index (χ3v) is 4.13. The smallest absolute Gasteiger partial charge is 0.0429 e. The highest BCUT2D eigenvalue weighted by Gasteiger charge is 2.23. The summed E-state index contributed by atoms with van der Waals surface area (Å²) < 4.78 is 0. The largest absolute Gasteiger partial charge is 0.380 e. The van der Waals surface area contributed by atoms with E-state index in [4.69, 9.17) is 0 Å². The number of fused-ring (bicyclic) bond motifs is 1. The molecule has 0 amide bonds. The molecular formula is C15H23N3. The second-order valence-corrected chi connectivity index (χ2v) is 5.66. The maximum Gasteiger partial charge on any atom is 0.0429 e. The van der Waals surface area contributed by atoms with Gasteiger partial charge in [0.05, 0.1) is 0 Å². The number of likely N-dealkylation sites (N-methyl/N-ethyl adjacent to an activating group) is 1. The third kappa shape index (κ3) is 2.68. The first-order valence-electron chi connectivity index (χ1n) is 7.06. The van der Waals surface area contributed by atoms with E-state index in [0.29, 0.717) is 6.04 Å². The molecule has 98 valence electrons. The Kier molecular flexibility index (Phi) is 3.52. The summed E-state index contributed by atoms with van der Waals surface area (Å²) in [5, 5.41) is 3.66. The summed E-state index contributed by atoms with van der Waals surface area (Å²) >= 11 is 0. The highest BCUT2D eigenvalue weighted by atomic mass is 15.2. The van der Waals surface area contributed by atoms with Crippen molar-refractivity contribution in [3.63, 3.8) is 0 Å². The standard InChI is InChI=1S/C15H23N3/c1-17-7-4-8-18(10-9-17)12-14-11-13-5-2-3-6-15(13)16-14/h2-3,5-6,14,16H,4,7-12H2,1H3. The zero-order valence-electron chi connectivity index (χ0n) is 11.2. The molecule has 0 aromatic heterocycles. The van der Waals surface area contributed by atoms with Crippen LogP contribution < -0.4 is 5.32 Å². The van der Waals surface area contributed by atoms with Crippen LogP contribution in [0.15, 0.2) is 24.3 Å². The molecule has 2 aliphatic heterocycles. The first kappa shape index (κ1) is 12.0. The van der Waals surface area contributed by atoms with E-state index in [0.717, 1.165) is 0 Å². The Morgan fingerprint density at radius 1 is 1.17 bits per heavy atom. The third-order valence-electron chi connectivity index (χ3n) is 4.13. The molecule has 0 spiro atoms. The van der Waals surface area contributed by atoms with Gasteiger partial charge in [0, 0.05) is 31.4 Å². The maximum absolute atomic E-state index is 3.66. The minimum Gasteiger partial charge on any atom is -0.380 e. The van der Waals surface area contributed by atoms with Crippen molar-refractivity contribution >= 4 is 5.69 Å². The van der Waals surface area contributed by atoms with Gasteiger partial charge in [-0.15, -0.1) is 0 Å². The van der Waals surface area contributed by atoms with Crippen LogP contribution in [-0.4, -0.2) is 55.6 Å². The first-order valence-corrected chi connectivity index (χ1v) is 7.06. The van der Waals surface area contributed by atoms with Gasteiger partial charge in [-0.3, -0.25) is 4.90 Å². The number of rotatable bonds is 2. The van der Waals surface area contributed by atoms with Crippen LogP contribution in [0.25, 0.3) is 0 Å². The van der Waals surface area contributed by atoms with E-state index in [1.165, 1.54) is 56.8 Å². The molecule has 0 saturated carbocycles. The highest BCUT2D eigenvalue weighted by Crippen LogP contribution is 2.25. The lowest BCUT2D eigenvalue weighted by molar-refractivity contribution is 0.267. The molecule has 3 nitrogen and oxygen atoms in total. The molecule has 3 rings (SSSR count). The number of hydrogen-bond donors (Lipinski definition) is 1. The van der Waals surface area contributed by atoms with Gasteiger partial charge in [0.15, 0.2) is 0 Å². The zero-order chi connectivity index (χ0) is 12.4. The van der Waals surface area contributed by atoms with Crippen molar-refractivity contribution in [3.05, 3.63) is 29.8 Å². The molecule has 2 aliphatic rings. The van der Waals surface area contributed by atoms with Crippen molar-refractivity contribution in [3.8, 4) is 0 Å². The molecule has 1 aromatic carbocycles. The predicted octanol–water partition coefficient (Wildman–Crippen LogP) is 1.66. The molecule has 1 atom stereocenters. The number of para-hydroxylation sites is 1. The summed E-state index contributed by atoms with van der Waals surface area (Å²) in [5.74, 6) is 0. The molecule has 1 saturated heterocycles. The van der Waals surface area contributed by atoms with Gasteiger partial charge in [-0.05, 0) is 44.6 Å². The Labute approximate surface area is 110 Å². The molecule has 1 aromatic rings. The highest BCUT2D eigenvalue weighted by molar-refractivity contribution is 5.56. The zero-order valence-corrected chi connectivity index (χ0v) is 11.2. The van der Waals surface area contributed by atoms with Gasteiger partial charge in [0.2, 0.25) is 0 Å². The van der Waals surface area contributed by atoms with Gasteiger partial charge in [-0.2, -0.15) is 0 Å². The first-order chi connectivity index (χ1) is 8.81. The van der Waals surface area contributed by atoms with Crippen molar-refractivity contribution in [2.45, 2.75) is 18.9 Å². The Balaban J connectivity index is 1.56. The Bertz CT molecular complexity index is 379. The topological polar surface area (TPSA) is 18.5 Å². The summed E-state index contributed by atoms with van der Waals surface area (Å²) in [7, 11) is 2.23. The van der Waals surface area contributed by atoms with Crippen LogP contribution in [0.3, 0.4) is 0 Å². The van der Waals surface area contributed by atoms with Gasteiger partial charge >= 0.3 is 0 Å². The van der Waals surface area contributed by atoms with Crippen LogP contribution in [0, 0.1) is 0 Å². The molecule has 1 N–H and O–H groups in total. The minimum absolute atomic E-state index is 0.603. The maximum atomic E-state index is 3.66. The number of benzene rings is 1. The monoisotopic (exact) mass is 245 g/mol. The Hall–Kier alpha value is -1.06. The molecule has 1 fully saturated rings. The average molecular weight is 245 g/mol. The summed E-state index contributed by atoms with van der Waals surface area (Å²) in [6.07, 6.45) is 2.48. The number of nitrogens with one attached hydrogen (secondary N) is 1. The van der Waals surface area contributed by atoms with Crippen molar-refractivity contribution in [1.82, 2.24) is 9.80 Å². The van der Waals surface area contributed by atoms with Crippen LogP contribution in [0.2, 0.25) is 0 Å². The second kappa shape index (κ2) is 5.29. The van der Waals surface area contributed by atoms with E-state index in [9.17, 15) is 0 Å². The van der Waals surface area contributed by atoms with Crippen LogP contribution in [0.1, 0.15) is 12.0 Å². The van der Waals surface area contributed by atoms with Crippen molar-refractivity contribution < 1.29 is 0 Å².